The van der Waals surface area contributed by atoms with Gasteiger partial charge in [0.25, 0.3) is 5.56 Å². The van der Waals surface area contributed by atoms with E-state index in [1.54, 1.807) is 48.5 Å². The van der Waals surface area contributed by atoms with Crippen molar-refractivity contribution in [3.8, 4) is 16.9 Å². The van der Waals surface area contributed by atoms with E-state index in [0.29, 0.717) is 22.6 Å². The molecule has 1 aromatic heterocycles. The maximum Gasteiger partial charge on any atom is 1.00 e. The third kappa shape index (κ3) is 5.92. The minimum atomic E-state index is -4.56. The Kier molecular flexibility index (Phi) is 8.63. The molecule has 1 heterocycles. The van der Waals surface area contributed by atoms with Crippen molar-refractivity contribution in [2.24, 2.45) is 10.2 Å². The first kappa shape index (κ1) is 26.4. The van der Waals surface area contributed by atoms with Gasteiger partial charge < -0.3 is 10.0 Å². The number of H-pyrrole nitrogens is 1. The van der Waals surface area contributed by atoms with Crippen LogP contribution < -0.4 is 40.9 Å². The minimum Gasteiger partial charge on any atom is -0.744 e. The second kappa shape index (κ2) is 10.8. The van der Waals surface area contributed by atoms with Gasteiger partial charge in [-0.1, -0.05) is 18.2 Å². The Morgan fingerprint density at radius 2 is 1.48 bits per heavy atom. The SMILES string of the molecule is O.[NH+]c1ccc(-c2[nH]n(-c3ccccc3)c(=O)c2N=Nc2ccc(S(=O)(=O)[O-])cc2)cc1.[Na+]. The summed E-state index contributed by atoms with van der Waals surface area (Å²) in [4.78, 5) is 12.7. The van der Waals surface area contributed by atoms with E-state index in [-0.39, 0.29) is 51.3 Å². The summed E-state index contributed by atoms with van der Waals surface area (Å²) in [6, 6.07) is 20.4. The van der Waals surface area contributed by atoms with Crippen LogP contribution in [0.1, 0.15) is 0 Å². The zero-order chi connectivity index (χ0) is 22.0. The van der Waals surface area contributed by atoms with Crippen molar-refractivity contribution in [1.29, 1.82) is 0 Å². The third-order valence-electron chi connectivity index (χ3n) is 4.44. The molecule has 33 heavy (non-hydrogen) atoms. The second-order valence-corrected chi connectivity index (χ2v) is 7.92. The predicted octanol–water partition coefficient (Wildman–Crippen LogP) is -1.22. The van der Waals surface area contributed by atoms with Crippen LogP contribution in [-0.2, 0) is 10.1 Å². The molecule has 0 unspecified atom stereocenters. The van der Waals surface area contributed by atoms with Gasteiger partial charge in [0.1, 0.15) is 10.1 Å². The molecular formula is C21H17N5NaO5S+. The first-order valence-electron chi connectivity index (χ1n) is 9.03. The normalized spacial score (nSPS) is 11.1. The van der Waals surface area contributed by atoms with Gasteiger partial charge in [0.15, 0.2) is 5.69 Å². The Balaban J connectivity index is 0.00000193. The van der Waals surface area contributed by atoms with Gasteiger partial charge in [0, 0.05) is 17.7 Å². The summed E-state index contributed by atoms with van der Waals surface area (Å²) in [7, 11) is -4.56. The molecule has 0 aliphatic rings. The van der Waals surface area contributed by atoms with Gasteiger partial charge in [0.2, 0.25) is 5.69 Å². The number of nitrogens with one attached hydrogen (secondary N) is 2. The van der Waals surface area contributed by atoms with Gasteiger partial charge in [-0.2, -0.15) is 5.11 Å². The van der Waals surface area contributed by atoms with Crippen LogP contribution in [0.2, 0.25) is 0 Å². The number of rotatable bonds is 5. The van der Waals surface area contributed by atoms with Crippen LogP contribution in [0.15, 0.2) is 98.8 Å². The zero-order valence-corrected chi connectivity index (χ0v) is 20.2. The summed E-state index contributed by atoms with van der Waals surface area (Å²) in [6.07, 6.45) is 0. The first-order valence-corrected chi connectivity index (χ1v) is 10.4. The second-order valence-electron chi connectivity index (χ2n) is 6.54. The van der Waals surface area contributed by atoms with Gasteiger partial charge in [0.05, 0.1) is 27.7 Å². The van der Waals surface area contributed by atoms with Crippen LogP contribution >= 0.6 is 0 Å². The number of hydrogen-bond acceptors (Lipinski definition) is 6. The number of azo groups is 1. The molecular weight excluding hydrogens is 457 g/mol. The summed E-state index contributed by atoms with van der Waals surface area (Å²) in [5, 5.41) is 11.2. The summed E-state index contributed by atoms with van der Waals surface area (Å²) >= 11 is 0. The molecule has 12 heteroatoms. The van der Waals surface area contributed by atoms with Crippen molar-refractivity contribution >= 4 is 27.2 Å². The molecule has 4 N–H and O–H groups in total. The molecule has 162 valence electrons. The number of aromatic nitrogens is 2. The quantitative estimate of drug-likeness (QED) is 0.217. The molecule has 0 bridgehead atoms. The van der Waals surface area contributed by atoms with Crippen molar-refractivity contribution in [2.45, 2.75) is 4.90 Å². The fourth-order valence-electron chi connectivity index (χ4n) is 2.91. The molecule has 3 aromatic carbocycles. The van der Waals surface area contributed by atoms with E-state index in [2.05, 4.69) is 15.3 Å². The molecule has 0 saturated carbocycles. The van der Waals surface area contributed by atoms with E-state index in [1.165, 1.54) is 16.8 Å². The fourth-order valence-corrected chi connectivity index (χ4v) is 3.37. The Morgan fingerprint density at radius 3 is 2.06 bits per heavy atom. The average molecular weight is 474 g/mol. The minimum absolute atomic E-state index is 0. The molecule has 0 atom stereocenters. The Labute approximate surface area is 211 Å². The van der Waals surface area contributed by atoms with Crippen molar-refractivity contribution in [1.82, 2.24) is 9.78 Å². The smallest absolute Gasteiger partial charge is 0.744 e. The van der Waals surface area contributed by atoms with E-state index < -0.39 is 15.7 Å². The van der Waals surface area contributed by atoms with E-state index in [0.717, 1.165) is 12.1 Å². The zero-order valence-electron chi connectivity index (χ0n) is 17.4. The summed E-state index contributed by atoms with van der Waals surface area (Å²) < 4.78 is 34.5. The van der Waals surface area contributed by atoms with E-state index in [4.69, 9.17) is 5.73 Å². The third-order valence-corrected chi connectivity index (χ3v) is 5.29. The number of aromatic amines is 1. The summed E-state index contributed by atoms with van der Waals surface area (Å²) in [5.74, 6) is 0. The van der Waals surface area contributed by atoms with Gasteiger partial charge in [-0.05, 0) is 48.5 Å². The summed E-state index contributed by atoms with van der Waals surface area (Å²) in [5.41, 5.74) is 9.53. The van der Waals surface area contributed by atoms with Crippen LogP contribution in [-0.4, -0.2) is 28.2 Å². The molecule has 10 nitrogen and oxygen atoms in total. The molecule has 0 aliphatic carbocycles. The molecule has 4 aromatic rings. The number of hydrogen-bond donors (Lipinski definition) is 1. The van der Waals surface area contributed by atoms with Crippen LogP contribution in [0.25, 0.3) is 16.9 Å². The predicted molar refractivity (Wildman–Crippen MR) is 115 cm³/mol. The Hall–Kier alpha value is -2.90. The van der Waals surface area contributed by atoms with Crippen LogP contribution in [0.4, 0.5) is 17.1 Å². The number of para-hydroxylation sites is 1. The number of benzene rings is 3. The van der Waals surface area contributed by atoms with Gasteiger partial charge in [-0.3, -0.25) is 9.89 Å². The van der Waals surface area contributed by atoms with Crippen molar-refractivity contribution in [2.75, 3.05) is 0 Å². The average Bonchev–Trinajstić information content (AvgIpc) is 3.09. The van der Waals surface area contributed by atoms with E-state index in [1.807, 2.05) is 6.07 Å². The molecule has 0 saturated heterocycles. The maximum absolute atomic E-state index is 13.1. The topological polar surface area (TPSA) is 175 Å². The van der Waals surface area contributed by atoms with Crippen LogP contribution in [0.3, 0.4) is 0 Å². The summed E-state index contributed by atoms with van der Waals surface area (Å²) in [6.45, 7) is 0. The Bertz CT molecular complexity index is 1410. The molecule has 2 radical (unpaired) electrons. The molecule has 4 rings (SSSR count). The van der Waals surface area contributed by atoms with Crippen LogP contribution in [0, 0.1) is 0 Å². The molecule has 0 aliphatic heterocycles. The Morgan fingerprint density at radius 1 is 0.879 bits per heavy atom. The van der Waals surface area contributed by atoms with E-state index in [9.17, 15) is 17.8 Å². The van der Waals surface area contributed by atoms with Crippen molar-refractivity contribution < 1.29 is 53.7 Å². The van der Waals surface area contributed by atoms with Crippen molar-refractivity contribution in [3.63, 3.8) is 0 Å². The largest absolute Gasteiger partial charge is 1.00 e. The van der Waals surface area contributed by atoms with Crippen molar-refractivity contribution in [3.05, 3.63) is 89.2 Å². The van der Waals surface area contributed by atoms with Gasteiger partial charge in [-0.15, -0.1) is 5.11 Å². The molecule has 0 fully saturated rings. The standard InChI is InChI=1S/C21H16N5O4S.Na.H2O/c22-15-8-6-14(7-9-15)19-20(21(27)26(25-19)17-4-2-1-3-5-17)24-23-16-10-12-18(13-11-16)31(28,29)30;;/h1-13,22,25H,(H,28,29,30);;1H2/q2*+1;/p-1. The fraction of sp³-hybridized carbons (Fsp3) is 0. The van der Waals surface area contributed by atoms with Gasteiger partial charge >= 0.3 is 29.6 Å². The first-order chi connectivity index (χ1) is 14.8. The van der Waals surface area contributed by atoms with E-state index >= 15 is 0 Å². The monoisotopic (exact) mass is 474 g/mol. The maximum atomic E-state index is 13.1. The molecule has 0 spiro atoms. The molecule has 0 amide bonds. The van der Waals surface area contributed by atoms with Crippen LogP contribution in [0.5, 0.6) is 0 Å². The van der Waals surface area contributed by atoms with Gasteiger partial charge in [-0.25, -0.2) is 13.1 Å². The number of nitrogens with zero attached hydrogens (tertiary/aromatic N) is 3.